The first kappa shape index (κ1) is 10.5. The lowest BCUT2D eigenvalue weighted by Crippen LogP contribution is -2.20. The fourth-order valence-corrected chi connectivity index (χ4v) is 0.671. The molecule has 6 heteroatoms. The number of nitrogens with zero attached hydrogens (tertiary/aromatic N) is 1. The maximum atomic E-state index is 10.4. The highest BCUT2D eigenvalue weighted by molar-refractivity contribution is 6.36. The number of carbonyl (C=O) groups is 1. The second-order valence-corrected chi connectivity index (χ2v) is 2.08. The first-order valence-corrected chi connectivity index (χ1v) is 3.82. The van der Waals surface area contributed by atoms with Crippen LogP contribution in [0.25, 0.3) is 0 Å². The lowest BCUT2D eigenvalue weighted by atomic mass is 10.5. The lowest BCUT2D eigenvalue weighted by Gasteiger charge is -1.98. The maximum absolute atomic E-state index is 10.4. The minimum atomic E-state index is -0.641. The second-order valence-electron chi connectivity index (χ2n) is 1.55. The predicted octanol–water partition coefficient (Wildman–Crippen LogP) is 1.18. The molecule has 0 aliphatic rings. The number of nitrogens with one attached hydrogen (secondary N) is 1. The number of hydrogen-bond acceptors (Lipinski definition) is 3. The van der Waals surface area contributed by atoms with E-state index in [2.05, 4.69) is 15.3 Å². The summed E-state index contributed by atoms with van der Waals surface area (Å²) in [7, 11) is 1.24. The van der Waals surface area contributed by atoms with Gasteiger partial charge in [-0.05, 0) is 0 Å². The molecule has 1 N–H and O–H groups in total. The van der Waals surface area contributed by atoms with E-state index in [1.54, 1.807) is 0 Å². The van der Waals surface area contributed by atoms with Gasteiger partial charge in [0.2, 0.25) is 0 Å². The number of halogens is 2. The van der Waals surface area contributed by atoms with Crippen LogP contribution in [0.2, 0.25) is 0 Å². The summed E-state index contributed by atoms with van der Waals surface area (Å²) >= 11 is 10.8. The van der Waals surface area contributed by atoms with Crippen molar-refractivity contribution in [2.45, 2.75) is 0 Å². The third-order valence-corrected chi connectivity index (χ3v) is 1.42. The Hall–Kier alpha value is -0.480. The van der Waals surface area contributed by atoms with Gasteiger partial charge >= 0.3 is 6.09 Å². The Morgan fingerprint density at radius 1 is 1.55 bits per heavy atom. The molecule has 0 aliphatic heterocycles. The Morgan fingerprint density at radius 3 is 2.45 bits per heavy atom. The number of methoxy groups -OCH3 is 1. The summed E-state index contributed by atoms with van der Waals surface area (Å²) in [6.45, 7) is 0. The molecule has 0 radical (unpaired) electrons. The van der Waals surface area contributed by atoms with Crippen molar-refractivity contribution in [2.75, 3.05) is 18.9 Å². The number of ether oxygens (including phenoxy) is 1. The van der Waals surface area contributed by atoms with E-state index in [1.165, 1.54) is 7.11 Å². The Labute approximate surface area is 74.5 Å². The number of hydrazone groups is 1. The van der Waals surface area contributed by atoms with Gasteiger partial charge in [0.05, 0.1) is 24.6 Å². The summed E-state index contributed by atoms with van der Waals surface area (Å²) in [5, 5.41) is 3.56. The largest absolute Gasteiger partial charge is 0.452 e. The van der Waals surface area contributed by atoms with E-state index in [-0.39, 0.29) is 11.8 Å². The zero-order valence-corrected chi connectivity index (χ0v) is 7.45. The van der Waals surface area contributed by atoms with Crippen molar-refractivity contribution < 1.29 is 9.53 Å². The highest BCUT2D eigenvalue weighted by Crippen LogP contribution is 1.86. The molecule has 0 atom stereocenters. The van der Waals surface area contributed by atoms with Gasteiger partial charge in [-0.1, -0.05) is 0 Å². The molecule has 0 aliphatic carbocycles. The standard InChI is InChI=1S/C5H8Cl2N2O2/c1-11-5(10)9-8-4(2-6)3-7/h2-3H2,1H3,(H,9,10). The molecule has 11 heavy (non-hydrogen) atoms. The molecule has 0 fully saturated rings. The zero-order valence-electron chi connectivity index (χ0n) is 5.93. The number of carbonyl (C=O) groups excluding carboxylic acids is 1. The van der Waals surface area contributed by atoms with Gasteiger partial charge in [-0.3, -0.25) is 0 Å². The van der Waals surface area contributed by atoms with Crippen LogP contribution in [0.15, 0.2) is 5.10 Å². The zero-order chi connectivity index (χ0) is 8.69. The van der Waals surface area contributed by atoms with Crippen molar-refractivity contribution in [2.24, 2.45) is 5.10 Å². The van der Waals surface area contributed by atoms with Crippen LogP contribution in [0.1, 0.15) is 0 Å². The van der Waals surface area contributed by atoms with Crippen LogP contribution in [0.3, 0.4) is 0 Å². The quantitative estimate of drug-likeness (QED) is 0.421. The van der Waals surface area contributed by atoms with E-state index in [0.717, 1.165) is 0 Å². The van der Waals surface area contributed by atoms with Crippen LogP contribution in [-0.2, 0) is 4.74 Å². The smallest absolute Gasteiger partial charge is 0.427 e. The van der Waals surface area contributed by atoms with Crippen LogP contribution in [0, 0.1) is 0 Å². The van der Waals surface area contributed by atoms with Crippen LogP contribution in [0.5, 0.6) is 0 Å². The molecule has 0 heterocycles. The average molecular weight is 199 g/mol. The monoisotopic (exact) mass is 198 g/mol. The summed E-state index contributed by atoms with van der Waals surface area (Å²) < 4.78 is 4.25. The Balaban J connectivity index is 3.78. The molecular weight excluding hydrogens is 191 g/mol. The maximum Gasteiger partial charge on any atom is 0.427 e. The van der Waals surface area contributed by atoms with E-state index in [0.29, 0.717) is 5.71 Å². The summed E-state index contributed by atoms with van der Waals surface area (Å²) in [6, 6.07) is 0. The van der Waals surface area contributed by atoms with Crippen molar-refractivity contribution in [3.8, 4) is 0 Å². The molecule has 0 aromatic carbocycles. The number of hydrogen-bond donors (Lipinski definition) is 1. The third kappa shape index (κ3) is 4.86. The van der Waals surface area contributed by atoms with Gasteiger partial charge in [0.15, 0.2) is 0 Å². The third-order valence-electron chi connectivity index (χ3n) is 0.799. The van der Waals surface area contributed by atoms with Gasteiger partial charge in [-0.15, -0.1) is 23.2 Å². The van der Waals surface area contributed by atoms with Gasteiger partial charge in [0, 0.05) is 0 Å². The SMILES string of the molecule is COC(=O)NN=C(CCl)CCl. The molecule has 1 amide bonds. The van der Waals surface area contributed by atoms with Gasteiger partial charge < -0.3 is 4.74 Å². The van der Waals surface area contributed by atoms with Crippen LogP contribution in [-0.4, -0.2) is 30.7 Å². The summed E-state index contributed by atoms with van der Waals surface area (Å²) in [4.78, 5) is 10.4. The number of amides is 1. The molecular formula is C5H8Cl2N2O2. The summed E-state index contributed by atoms with van der Waals surface area (Å²) in [5.41, 5.74) is 2.58. The Kier molecular flexibility index (Phi) is 5.97. The minimum absolute atomic E-state index is 0.188. The number of alkyl halides is 2. The molecule has 0 saturated carbocycles. The molecule has 0 spiro atoms. The van der Waals surface area contributed by atoms with E-state index in [1.807, 2.05) is 0 Å². The van der Waals surface area contributed by atoms with E-state index in [9.17, 15) is 4.79 Å². The van der Waals surface area contributed by atoms with Crippen LogP contribution < -0.4 is 5.43 Å². The highest BCUT2D eigenvalue weighted by atomic mass is 35.5. The summed E-state index contributed by atoms with van der Waals surface area (Å²) in [6.07, 6.45) is -0.641. The van der Waals surface area contributed by atoms with Gasteiger partial charge in [0.1, 0.15) is 0 Å². The highest BCUT2D eigenvalue weighted by Gasteiger charge is 1.97. The minimum Gasteiger partial charge on any atom is -0.452 e. The first-order chi connectivity index (χ1) is 5.24. The van der Waals surface area contributed by atoms with Crippen molar-refractivity contribution in [1.29, 1.82) is 0 Å². The Bertz CT molecular complexity index is 155. The van der Waals surface area contributed by atoms with Gasteiger partial charge in [-0.2, -0.15) is 5.10 Å². The molecule has 0 aromatic heterocycles. The molecule has 0 rings (SSSR count). The second kappa shape index (κ2) is 6.24. The average Bonchev–Trinajstić information content (AvgIpc) is 2.06. The molecule has 0 unspecified atom stereocenters. The van der Waals surface area contributed by atoms with E-state index in [4.69, 9.17) is 23.2 Å². The number of rotatable bonds is 3. The molecule has 0 bridgehead atoms. The van der Waals surface area contributed by atoms with E-state index >= 15 is 0 Å². The van der Waals surface area contributed by atoms with Crippen molar-refractivity contribution in [3.05, 3.63) is 0 Å². The summed E-state index contributed by atoms with van der Waals surface area (Å²) in [5.74, 6) is 0.376. The lowest BCUT2D eigenvalue weighted by molar-refractivity contribution is 0.171. The molecule has 4 nitrogen and oxygen atoms in total. The van der Waals surface area contributed by atoms with Crippen molar-refractivity contribution in [3.63, 3.8) is 0 Å². The fraction of sp³-hybridized carbons (Fsp3) is 0.600. The molecule has 64 valence electrons. The van der Waals surface area contributed by atoms with Crippen LogP contribution >= 0.6 is 23.2 Å². The van der Waals surface area contributed by atoms with Crippen molar-refractivity contribution in [1.82, 2.24) is 5.43 Å². The first-order valence-electron chi connectivity index (χ1n) is 2.76. The predicted molar refractivity (Wildman–Crippen MR) is 44.4 cm³/mol. The molecule has 0 saturated heterocycles. The molecule has 0 aromatic rings. The topological polar surface area (TPSA) is 50.7 Å². The fourth-order valence-electron chi connectivity index (χ4n) is 0.266. The van der Waals surface area contributed by atoms with E-state index < -0.39 is 6.09 Å². The normalized spacial score (nSPS) is 8.64. The van der Waals surface area contributed by atoms with Crippen LogP contribution in [0.4, 0.5) is 4.79 Å². The van der Waals surface area contributed by atoms with Gasteiger partial charge in [-0.25, -0.2) is 10.2 Å². The Morgan fingerprint density at radius 2 is 2.09 bits per heavy atom. The van der Waals surface area contributed by atoms with Crippen molar-refractivity contribution >= 4 is 35.0 Å². The van der Waals surface area contributed by atoms with Gasteiger partial charge in [0.25, 0.3) is 0 Å².